The van der Waals surface area contributed by atoms with Crippen LogP contribution in [0.4, 0.5) is 14.6 Å². The van der Waals surface area contributed by atoms with Gasteiger partial charge in [0.2, 0.25) is 0 Å². The van der Waals surface area contributed by atoms with Gasteiger partial charge in [0.05, 0.1) is 11.2 Å². The van der Waals surface area contributed by atoms with Crippen LogP contribution in [0.5, 0.6) is 11.6 Å². The lowest BCUT2D eigenvalue weighted by Crippen LogP contribution is -2.03. The normalized spacial score (nSPS) is 10.7. The molecule has 0 atom stereocenters. The summed E-state index contributed by atoms with van der Waals surface area (Å²) in [7, 11) is 0. The monoisotopic (exact) mass is 362 g/mol. The maximum Gasteiger partial charge on any atom is 0.256 e. The van der Waals surface area contributed by atoms with Gasteiger partial charge in [-0.3, -0.25) is 4.98 Å². The molecule has 0 amide bonds. The Bertz CT molecular complexity index is 937. The number of nitrogens with zero attached hydrogens (tertiary/aromatic N) is 3. The fourth-order valence-electron chi connectivity index (χ4n) is 2.25. The number of rotatable bonds is 4. The van der Waals surface area contributed by atoms with Crippen molar-refractivity contribution >= 4 is 17.4 Å². The third kappa shape index (κ3) is 3.66. The zero-order valence-corrected chi connectivity index (χ0v) is 13.9. The minimum atomic E-state index is -0.690. The number of ether oxygens (including phenoxy) is 1. The van der Waals surface area contributed by atoms with Crippen molar-refractivity contribution in [3.05, 3.63) is 70.3 Å². The molecular formula is C17H13ClF2N4O. The average molecular weight is 363 g/mol. The topological polar surface area (TPSA) is 73.9 Å². The predicted octanol–water partition coefficient (Wildman–Crippen LogP) is 4.08. The second-order valence-electron chi connectivity index (χ2n) is 5.31. The van der Waals surface area contributed by atoms with Gasteiger partial charge >= 0.3 is 0 Å². The Hall–Kier alpha value is -2.80. The highest BCUT2D eigenvalue weighted by atomic mass is 35.5. The molecule has 3 rings (SSSR count). The summed E-state index contributed by atoms with van der Waals surface area (Å²) in [5.41, 5.74) is 7.25. The lowest BCUT2D eigenvalue weighted by atomic mass is 10.0. The molecule has 3 aromatic rings. The Morgan fingerprint density at radius 3 is 2.72 bits per heavy atom. The minimum absolute atomic E-state index is 0.164. The molecule has 0 radical (unpaired) electrons. The molecule has 3 heterocycles. The number of hydrogen-bond acceptors (Lipinski definition) is 5. The van der Waals surface area contributed by atoms with E-state index >= 15 is 0 Å². The van der Waals surface area contributed by atoms with E-state index in [0.717, 1.165) is 6.07 Å². The van der Waals surface area contributed by atoms with Crippen LogP contribution in [0, 0.1) is 18.6 Å². The first kappa shape index (κ1) is 17.0. The van der Waals surface area contributed by atoms with Crippen LogP contribution in [0.3, 0.4) is 0 Å². The van der Waals surface area contributed by atoms with Crippen molar-refractivity contribution in [3.63, 3.8) is 0 Å². The molecule has 0 aromatic carbocycles. The molecule has 25 heavy (non-hydrogen) atoms. The Kier molecular flexibility index (Phi) is 4.76. The van der Waals surface area contributed by atoms with Crippen molar-refractivity contribution < 1.29 is 13.5 Å². The third-order valence-electron chi connectivity index (χ3n) is 3.63. The lowest BCUT2D eigenvalue weighted by molar-refractivity contribution is 0.418. The maximum atomic E-state index is 14.0. The molecule has 128 valence electrons. The molecule has 0 fully saturated rings. The Morgan fingerprint density at radius 2 is 1.96 bits per heavy atom. The van der Waals surface area contributed by atoms with Crippen LogP contribution in [0.2, 0.25) is 5.02 Å². The number of nitrogen functional groups attached to an aromatic ring is 1. The lowest BCUT2D eigenvalue weighted by Gasteiger charge is -2.12. The Morgan fingerprint density at radius 1 is 1.16 bits per heavy atom. The summed E-state index contributed by atoms with van der Waals surface area (Å²) in [5.74, 6) is -1.33. The zero-order valence-electron chi connectivity index (χ0n) is 13.1. The maximum absolute atomic E-state index is 14.0. The van der Waals surface area contributed by atoms with Crippen LogP contribution in [0.1, 0.15) is 16.7 Å². The van der Waals surface area contributed by atoms with Gasteiger partial charge in [0, 0.05) is 25.0 Å². The SMILES string of the molecule is Cc1c(Cc2ccnc(N)c2F)cncc1Oc1ncc(Cl)cc1F. The first-order valence-electron chi connectivity index (χ1n) is 7.27. The highest BCUT2D eigenvalue weighted by molar-refractivity contribution is 6.30. The smallest absolute Gasteiger partial charge is 0.256 e. The van der Waals surface area contributed by atoms with Crippen molar-refractivity contribution in [2.24, 2.45) is 0 Å². The first-order chi connectivity index (χ1) is 12.0. The van der Waals surface area contributed by atoms with E-state index in [1.165, 1.54) is 18.6 Å². The molecule has 0 bridgehead atoms. The number of nitrogens with two attached hydrogens (primary N) is 1. The summed E-state index contributed by atoms with van der Waals surface area (Å²) >= 11 is 5.67. The number of anilines is 1. The van der Waals surface area contributed by atoms with Crippen LogP contribution in [-0.4, -0.2) is 15.0 Å². The van der Waals surface area contributed by atoms with E-state index in [2.05, 4.69) is 15.0 Å². The van der Waals surface area contributed by atoms with Crippen molar-refractivity contribution in [2.45, 2.75) is 13.3 Å². The summed E-state index contributed by atoms with van der Waals surface area (Å²) in [4.78, 5) is 11.6. The van der Waals surface area contributed by atoms with Gasteiger partial charge in [-0.1, -0.05) is 11.6 Å². The third-order valence-corrected chi connectivity index (χ3v) is 3.84. The van der Waals surface area contributed by atoms with E-state index in [9.17, 15) is 8.78 Å². The molecule has 0 spiro atoms. The molecule has 3 aromatic heterocycles. The molecule has 2 N–H and O–H groups in total. The van der Waals surface area contributed by atoms with Crippen LogP contribution in [0.15, 0.2) is 36.9 Å². The largest absolute Gasteiger partial charge is 0.435 e. The number of pyridine rings is 3. The number of halogens is 3. The molecule has 8 heteroatoms. The van der Waals surface area contributed by atoms with Gasteiger partial charge < -0.3 is 10.5 Å². The summed E-state index contributed by atoms with van der Waals surface area (Å²) in [6.07, 6.45) is 5.98. The van der Waals surface area contributed by atoms with E-state index in [-0.39, 0.29) is 23.1 Å². The second kappa shape index (κ2) is 6.98. The molecule has 5 nitrogen and oxygen atoms in total. The van der Waals surface area contributed by atoms with Gasteiger partial charge in [-0.15, -0.1) is 0 Å². The number of aromatic nitrogens is 3. The predicted molar refractivity (Wildman–Crippen MR) is 89.7 cm³/mol. The molecule has 0 aliphatic rings. The fourth-order valence-corrected chi connectivity index (χ4v) is 2.40. The molecule has 0 unspecified atom stereocenters. The van der Waals surface area contributed by atoms with Gasteiger partial charge in [-0.2, -0.15) is 0 Å². The number of hydrogen-bond donors (Lipinski definition) is 1. The van der Waals surface area contributed by atoms with E-state index in [1.807, 2.05) is 0 Å². The quantitative estimate of drug-likeness (QED) is 0.757. The summed E-state index contributed by atoms with van der Waals surface area (Å²) < 4.78 is 33.4. The van der Waals surface area contributed by atoms with Crippen molar-refractivity contribution in [2.75, 3.05) is 5.73 Å². The second-order valence-corrected chi connectivity index (χ2v) is 5.75. The summed E-state index contributed by atoms with van der Waals surface area (Å²) in [5, 5.41) is 0.166. The standard InChI is InChI=1S/C17H13ClF2N4O/c1-9-11(4-10-2-3-23-16(21)15(10)20)6-22-8-14(9)25-17-13(19)5-12(18)7-24-17/h2-3,5-8H,4H2,1H3,(H2,21,23). The van der Waals surface area contributed by atoms with Gasteiger partial charge in [-0.05, 0) is 35.7 Å². The first-order valence-corrected chi connectivity index (χ1v) is 7.64. The molecule has 0 aliphatic heterocycles. The Labute approximate surface area is 147 Å². The van der Waals surface area contributed by atoms with Gasteiger partial charge in [0.25, 0.3) is 5.88 Å². The van der Waals surface area contributed by atoms with E-state index < -0.39 is 11.6 Å². The highest BCUT2D eigenvalue weighted by Crippen LogP contribution is 2.29. The zero-order chi connectivity index (χ0) is 18.0. The van der Waals surface area contributed by atoms with E-state index in [1.54, 1.807) is 19.2 Å². The highest BCUT2D eigenvalue weighted by Gasteiger charge is 2.14. The molecule has 0 saturated heterocycles. The van der Waals surface area contributed by atoms with Crippen LogP contribution in [-0.2, 0) is 6.42 Å². The van der Waals surface area contributed by atoms with E-state index in [0.29, 0.717) is 22.4 Å². The van der Waals surface area contributed by atoms with Crippen LogP contribution < -0.4 is 10.5 Å². The average Bonchev–Trinajstić information content (AvgIpc) is 2.57. The van der Waals surface area contributed by atoms with E-state index in [4.69, 9.17) is 22.1 Å². The minimum Gasteiger partial charge on any atom is -0.435 e. The molecular weight excluding hydrogens is 350 g/mol. The van der Waals surface area contributed by atoms with Gasteiger partial charge in [0.1, 0.15) is 0 Å². The molecule has 0 saturated carbocycles. The van der Waals surface area contributed by atoms with Crippen molar-refractivity contribution in [3.8, 4) is 11.6 Å². The fraction of sp³-hybridized carbons (Fsp3) is 0.118. The van der Waals surface area contributed by atoms with Crippen LogP contribution >= 0.6 is 11.6 Å². The van der Waals surface area contributed by atoms with Gasteiger partial charge in [0.15, 0.2) is 23.2 Å². The summed E-state index contributed by atoms with van der Waals surface area (Å²) in [6, 6.07) is 2.64. The Balaban J connectivity index is 1.91. The van der Waals surface area contributed by atoms with Crippen molar-refractivity contribution in [1.29, 1.82) is 0 Å². The van der Waals surface area contributed by atoms with Crippen LogP contribution in [0.25, 0.3) is 0 Å². The van der Waals surface area contributed by atoms with Gasteiger partial charge in [-0.25, -0.2) is 18.7 Å². The van der Waals surface area contributed by atoms with Crippen molar-refractivity contribution in [1.82, 2.24) is 15.0 Å². The summed E-state index contributed by atoms with van der Waals surface area (Å²) in [6.45, 7) is 1.77. The molecule has 0 aliphatic carbocycles.